The molecule has 0 saturated carbocycles. The topological polar surface area (TPSA) is 131 Å². The molecule has 3 N–H and O–H groups in total. The van der Waals surface area contributed by atoms with Crippen molar-refractivity contribution in [1.29, 1.82) is 0 Å². The number of ketones is 1. The number of fused-ring (bicyclic) bond motifs is 1. The van der Waals surface area contributed by atoms with E-state index < -0.39 is 44.1 Å². The second kappa shape index (κ2) is 9.50. The molecule has 33 heavy (non-hydrogen) atoms. The van der Waals surface area contributed by atoms with Crippen LogP contribution in [0.1, 0.15) is 53.1 Å². The Hall–Kier alpha value is -2.33. The van der Waals surface area contributed by atoms with Crippen LogP contribution in [-0.4, -0.2) is 40.0 Å². The normalized spacial score (nSPS) is 19.4. The molecule has 12 heteroatoms. The minimum atomic E-state index is -4.82. The first-order chi connectivity index (χ1) is 15.3. The monoisotopic (exact) mass is 501 g/mol. The third kappa shape index (κ3) is 5.97. The number of hydrogen-bond acceptors (Lipinski definition) is 6. The fourth-order valence-electron chi connectivity index (χ4n) is 3.49. The molecule has 1 amide bonds. The van der Waals surface area contributed by atoms with E-state index >= 15 is 0 Å². The minimum Gasteiger partial charge on any atom is -0.485 e. The molecule has 0 aliphatic carbocycles. The quantitative estimate of drug-likeness (QED) is 0.297. The van der Waals surface area contributed by atoms with Gasteiger partial charge in [-0.05, 0) is 57.2 Å². The first-order valence-electron chi connectivity index (χ1n) is 9.70. The summed E-state index contributed by atoms with van der Waals surface area (Å²) < 4.78 is 40.6. The number of nitrogens with one attached hydrogen (secondary N) is 1. The average molecular weight is 502 g/mol. The van der Waals surface area contributed by atoms with Gasteiger partial charge in [-0.3, -0.25) is 14.1 Å². The number of phosphoric acid groups is 1. The molecule has 0 bridgehead atoms. The maximum Gasteiger partial charge on any atom is 0.471 e. The van der Waals surface area contributed by atoms with Crippen molar-refractivity contribution in [3.8, 4) is 5.75 Å². The lowest BCUT2D eigenvalue weighted by Gasteiger charge is -2.44. The van der Waals surface area contributed by atoms with E-state index in [0.29, 0.717) is 16.9 Å². The van der Waals surface area contributed by atoms with Crippen molar-refractivity contribution >= 4 is 31.1 Å². The summed E-state index contributed by atoms with van der Waals surface area (Å²) in [5.41, 5.74) is -0.266. The summed E-state index contributed by atoms with van der Waals surface area (Å²) in [6, 6.07) is 7.24. The molecule has 0 radical (unpaired) electrons. The number of halogens is 2. The smallest absolute Gasteiger partial charge is 0.471 e. The molecular formula is C21H22ClFNO8P. The molecule has 2 aromatic carbocycles. The van der Waals surface area contributed by atoms with Crippen molar-refractivity contribution in [2.45, 2.75) is 38.5 Å². The van der Waals surface area contributed by atoms with Crippen LogP contribution in [-0.2, 0) is 13.8 Å². The minimum absolute atomic E-state index is 0.0696. The van der Waals surface area contributed by atoms with Crippen LogP contribution in [0.3, 0.4) is 0 Å². The number of phosphoric ester groups is 1. The average Bonchev–Trinajstić information content (AvgIpc) is 2.70. The van der Waals surface area contributed by atoms with Gasteiger partial charge in [-0.15, -0.1) is 0 Å². The number of rotatable bonds is 7. The van der Waals surface area contributed by atoms with Crippen LogP contribution in [0.15, 0.2) is 36.4 Å². The van der Waals surface area contributed by atoms with E-state index in [2.05, 4.69) is 9.84 Å². The zero-order chi connectivity index (χ0) is 24.6. The Morgan fingerprint density at radius 2 is 1.88 bits per heavy atom. The van der Waals surface area contributed by atoms with E-state index in [4.69, 9.17) is 30.9 Å². The molecule has 1 heterocycles. The van der Waals surface area contributed by atoms with Gasteiger partial charge in [-0.25, -0.2) is 8.96 Å². The number of carbonyl (C=O) groups excluding carboxylic acids is 2. The number of amides is 1. The second-order valence-electron chi connectivity index (χ2n) is 7.92. The third-order valence-corrected chi connectivity index (χ3v) is 5.78. The summed E-state index contributed by atoms with van der Waals surface area (Å²) in [5, 5.41) is 2.53. The summed E-state index contributed by atoms with van der Waals surface area (Å²) in [6.07, 6.45) is -1.00. The van der Waals surface area contributed by atoms with Crippen LogP contribution in [0.5, 0.6) is 5.75 Å². The predicted octanol–water partition coefficient (Wildman–Crippen LogP) is 3.78. The summed E-state index contributed by atoms with van der Waals surface area (Å²) in [7, 11) is -4.82. The van der Waals surface area contributed by atoms with Gasteiger partial charge < -0.3 is 24.6 Å². The Bertz CT molecular complexity index is 1140. The van der Waals surface area contributed by atoms with Crippen molar-refractivity contribution in [1.82, 2.24) is 5.32 Å². The third-order valence-electron chi connectivity index (χ3n) is 5.05. The largest absolute Gasteiger partial charge is 0.485 e. The highest BCUT2D eigenvalue weighted by Crippen LogP contribution is 2.43. The van der Waals surface area contributed by atoms with Crippen molar-refractivity contribution < 1.29 is 42.3 Å². The van der Waals surface area contributed by atoms with Gasteiger partial charge in [0, 0.05) is 16.7 Å². The molecule has 0 fully saturated rings. The zero-order valence-electron chi connectivity index (χ0n) is 17.9. The van der Waals surface area contributed by atoms with E-state index in [9.17, 15) is 18.5 Å². The number of hydrogen-bond donors (Lipinski definition) is 3. The zero-order valence-corrected chi connectivity index (χ0v) is 19.5. The molecule has 3 rings (SSSR count). The van der Waals surface area contributed by atoms with Crippen molar-refractivity contribution in [2.24, 2.45) is 0 Å². The Balaban J connectivity index is 2.01. The molecule has 1 aliphatic heterocycles. The van der Waals surface area contributed by atoms with E-state index in [1.807, 2.05) is 0 Å². The van der Waals surface area contributed by atoms with Gasteiger partial charge in [0.2, 0.25) is 0 Å². The van der Waals surface area contributed by atoms with Crippen LogP contribution < -0.4 is 10.1 Å². The first kappa shape index (κ1) is 25.3. The van der Waals surface area contributed by atoms with Crippen molar-refractivity contribution in [3.63, 3.8) is 0 Å². The fraction of sp³-hybridized carbons (Fsp3) is 0.333. The van der Waals surface area contributed by atoms with Gasteiger partial charge in [-0.1, -0.05) is 11.6 Å². The Kier molecular flexibility index (Phi) is 7.28. The molecule has 0 spiro atoms. The highest BCUT2D eigenvalue weighted by Gasteiger charge is 2.46. The molecule has 0 aromatic heterocycles. The number of carbonyl (C=O) groups is 2. The van der Waals surface area contributed by atoms with Crippen LogP contribution >= 0.6 is 19.4 Å². The molecule has 2 aromatic rings. The lowest BCUT2D eigenvalue weighted by Crippen LogP contribution is -2.55. The van der Waals surface area contributed by atoms with Crippen molar-refractivity contribution in [3.05, 3.63) is 63.9 Å². The summed E-state index contributed by atoms with van der Waals surface area (Å²) >= 11 is 5.79. The van der Waals surface area contributed by atoms with E-state index in [-0.39, 0.29) is 16.4 Å². The molecule has 1 aliphatic rings. The van der Waals surface area contributed by atoms with Crippen LogP contribution in [0.25, 0.3) is 0 Å². The first-order valence-corrected chi connectivity index (χ1v) is 11.6. The van der Waals surface area contributed by atoms with E-state index in [1.165, 1.54) is 19.1 Å². The van der Waals surface area contributed by atoms with Crippen molar-refractivity contribution in [2.75, 3.05) is 6.79 Å². The van der Waals surface area contributed by atoms with Gasteiger partial charge in [0.05, 0.1) is 11.1 Å². The summed E-state index contributed by atoms with van der Waals surface area (Å²) in [5.74, 6) is -1.15. The summed E-state index contributed by atoms with van der Waals surface area (Å²) in [6.45, 7) is 3.90. The molecule has 0 unspecified atom stereocenters. The Morgan fingerprint density at radius 3 is 2.48 bits per heavy atom. The number of ether oxygens (including phenoxy) is 2. The second-order valence-corrected chi connectivity index (χ2v) is 9.57. The highest BCUT2D eigenvalue weighted by molar-refractivity contribution is 7.46. The van der Waals surface area contributed by atoms with Gasteiger partial charge in [0.1, 0.15) is 23.3 Å². The molecule has 2 atom stereocenters. The highest BCUT2D eigenvalue weighted by atomic mass is 35.5. The van der Waals surface area contributed by atoms with E-state index in [1.54, 1.807) is 26.0 Å². The van der Waals surface area contributed by atoms with Crippen LogP contribution in [0.4, 0.5) is 4.39 Å². The molecule has 178 valence electrons. The van der Waals surface area contributed by atoms with Gasteiger partial charge in [0.15, 0.2) is 12.6 Å². The standard InChI is InChI=1S/C21H22ClFNO8P/c1-11(25)12-5-7-17-14(8-12)18(24-20(26)13-4-6-16(23)15(22)9-13)19(21(2,3)32-17)30-10-31-33(27,28)29/h4-9,18-19H,10H2,1-3H3,(H,24,26)(H2,27,28,29)/t18-,19-/m1/s1. The summed E-state index contributed by atoms with van der Waals surface area (Å²) in [4.78, 5) is 42.8. The van der Waals surface area contributed by atoms with Gasteiger partial charge in [0.25, 0.3) is 5.91 Å². The lowest BCUT2D eigenvalue weighted by atomic mass is 9.85. The number of benzene rings is 2. The predicted molar refractivity (Wildman–Crippen MR) is 116 cm³/mol. The van der Waals surface area contributed by atoms with Crippen LogP contribution in [0.2, 0.25) is 5.02 Å². The lowest BCUT2D eigenvalue weighted by molar-refractivity contribution is -0.141. The molecule has 0 saturated heterocycles. The Labute approximate surface area is 194 Å². The SMILES string of the molecule is CC(=O)c1ccc2c(c1)[C@@H](NC(=O)c1ccc(F)c(Cl)c1)[C@@H](OCOP(=O)(O)O)C(C)(C)O2. The maximum absolute atomic E-state index is 13.5. The number of Topliss-reactive ketones (excluding diaryl/α,β-unsaturated/α-hetero) is 1. The van der Waals surface area contributed by atoms with Gasteiger partial charge in [-0.2, -0.15) is 0 Å². The fourth-order valence-corrected chi connectivity index (χ4v) is 3.87. The van der Waals surface area contributed by atoms with Crippen LogP contribution in [0, 0.1) is 5.82 Å². The molecular weight excluding hydrogens is 480 g/mol. The van der Waals surface area contributed by atoms with Gasteiger partial charge >= 0.3 is 7.82 Å². The van der Waals surface area contributed by atoms with E-state index in [0.717, 1.165) is 12.1 Å². The Morgan fingerprint density at radius 1 is 1.21 bits per heavy atom. The maximum atomic E-state index is 13.5. The molecule has 9 nitrogen and oxygen atoms in total.